The number of alkyl halides is 3. The molecule has 2 N–H and O–H groups in total. The predicted molar refractivity (Wildman–Crippen MR) is 104 cm³/mol. The average Bonchev–Trinajstić information content (AvgIpc) is 3.01. The minimum absolute atomic E-state index is 0.0368. The van der Waals surface area contributed by atoms with Gasteiger partial charge in [0.2, 0.25) is 0 Å². The van der Waals surface area contributed by atoms with Crippen molar-refractivity contribution in [2.24, 2.45) is 0 Å². The lowest BCUT2D eigenvalue weighted by molar-refractivity contribution is -0.140. The summed E-state index contributed by atoms with van der Waals surface area (Å²) in [5.41, 5.74) is 3.85. The molecule has 0 fully saturated rings. The molecule has 30 heavy (non-hydrogen) atoms. The average molecular weight is 457 g/mol. The maximum Gasteiger partial charge on any atom is 0.433 e. The molecule has 3 rings (SSSR count). The maximum atomic E-state index is 12.8. The van der Waals surface area contributed by atoms with E-state index in [9.17, 15) is 31.2 Å². The molecule has 7 nitrogen and oxygen atoms in total. The van der Waals surface area contributed by atoms with Gasteiger partial charge in [-0.2, -0.15) is 13.2 Å². The standard InChI is InChI=1S/C18H14F3N3O4S2/c1-9-12-7-8-13(18(19,20)21)22-17(12)29-14(9)16(26)24-23-15(25)10-3-5-11(6-4-10)30(2,27)28/h3-8H,1-2H3,(H,23,25)(H,24,26). The molecular formula is C18H14F3N3O4S2. The van der Waals surface area contributed by atoms with Crippen LogP contribution in [0.1, 0.15) is 31.3 Å². The van der Waals surface area contributed by atoms with Gasteiger partial charge in [0, 0.05) is 17.2 Å². The number of rotatable bonds is 3. The van der Waals surface area contributed by atoms with Crippen molar-refractivity contribution in [1.82, 2.24) is 15.8 Å². The molecule has 0 aliphatic heterocycles. The smallest absolute Gasteiger partial charge is 0.267 e. The monoisotopic (exact) mass is 457 g/mol. The number of halogens is 3. The van der Waals surface area contributed by atoms with Gasteiger partial charge >= 0.3 is 6.18 Å². The molecule has 0 atom stereocenters. The molecule has 0 unspecified atom stereocenters. The van der Waals surface area contributed by atoms with Crippen LogP contribution in [0.25, 0.3) is 10.2 Å². The topological polar surface area (TPSA) is 105 Å². The number of aromatic nitrogens is 1. The van der Waals surface area contributed by atoms with Crippen molar-refractivity contribution < 1.29 is 31.2 Å². The number of hydrogen-bond donors (Lipinski definition) is 2. The number of fused-ring (bicyclic) bond motifs is 1. The third kappa shape index (κ3) is 4.44. The lowest BCUT2D eigenvalue weighted by atomic mass is 10.2. The third-order valence-electron chi connectivity index (χ3n) is 4.13. The summed E-state index contributed by atoms with van der Waals surface area (Å²) in [6.07, 6.45) is -3.57. The van der Waals surface area contributed by atoms with Gasteiger partial charge in [-0.1, -0.05) is 0 Å². The van der Waals surface area contributed by atoms with E-state index in [1.165, 1.54) is 30.3 Å². The van der Waals surface area contributed by atoms with Gasteiger partial charge in [-0.25, -0.2) is 13.4 Å². The number of nitrogens with one attached hydrogen (secondary N) is 2. The molecule has 0 bridgehead atoms. The summed E-state index contributed by atoms with van der Waals surface area (Å²) in [5.74, 6) is -1.41. The number of carbonyl (C=O) groups is 2. The van der Waals surface area contributed by atoms with Crippen molar-refractivity contribution in [2.45, 2.75) is 18.0 Å². The highest BCUT2D eigenvalue weighted by molar-refractivity contribution is 7.90. The number of aryl methyl sites for hydroxylation is 1. The molecule has 2 aromatic heterocycles. The zero-order valence-electron chi connectivity index (χ0n) is 15.5. The summed E-state index contributed by atoms with van der Waals surface area (Å²) in [4.78, 5) is 28.3. The van der Waals surface area contributed by atoms with Gasteiger partial charge in [-0.3, -0.25) is 20.4 Å². The Kier molecular flexibility index (Phi) is 5.56. The first-order valence-corrected chi connectivity index (χ1v) is 11.0. The summed E-state index contributed by atoms with van der Waals surface area (Å²) in [5, 5.41) is 0.404. The van der Waals surface area contributed by atoms with Gasteiger partial charge in [0.15, 0.2) is 9.84 Å². The lowest BCUT2D eigenvalue weighted by Gasteiger charge is -2.07. The lowest BCUT2D eigenvalue weighted by Crippen LogP contribution is -2.41. The zero-order valence-corrected chi connectivity index (χ0v) is 17.1. The molecule has 2 heterocycles. The van der Waals surface area contributed by atoms with Crippen LogP contribution in [-0.4, -0.2) is 31.5 Å². The summed E-state index contributed by atoms with van der Waals surface area (Å²) in [6, 6.07) is 7.16. The van der Waals surface area contributed by atoms with Crippen LogP contribution < -0.4 is 10.9 Å². The van der Waals surface area contributed by atoms with Crippen LogP contribution in [0, 0.1) is 6.92 Å². The number of hydrogen-bond acceptors (Lipinski definition) is 6. The number of nitrogens with zero attached hydrogens (tertiary/aromatic N) is 1. The number of carbonyl (C=O) groups excluding carboxylic acids is 2. The Balaban J connectivity index is 1.75. The van der Waals surface area contributed by atoms with Crippen LogP contribution in [0.3, 0.4) is 0 Å². The molecule has 0 radical (unpaired) electrons. The van der Waals surface area contributed by atoms with Crippen molar-refractivity contribution in [3.05, 3.63) is 58.1 Å². The third-order valence-corrected chi connectivity index (χ3v) is 6.46. The van der Waals surface area contributed by atoms with Crippen LogP contribution >= 0.6 is 11.3 Å². The van der Waals surface area contributed by atoms with Crippen molar-refractivity contribution in [3.63, 3.8) is 0 Å². The Morgan fingerprint density at radius 2 is 1.60 bits per heavy atom. The maximum absolute atomic E-state index is 12.8. The number of hydrazine groups is 1. The fourth-order valence-electron chi connectivity index (χ4n) is 2.57. The summed E-state index contributed by atoms with van der Waals surface area (Å²) in [6.45, 7) is 1.56. The normalized spacial score (nSPS) is 12.0. The summed E-state index contributed by atoms with van der Waals surface area (Å²) < 4.78 is 61.4. The van der Waals surface area contributed by atoms with Crippen LogP contribution in [-0.2, 0) is 16.0 Å². The number of thiophene rings is 1. The fourth-order valence-corrected chi connectivity index (χ4v) is 4.28. The largest absolute Gasteiger partial charge is 0.433 e. The number of pyridine rings is 1. The second kappa shape index (κ2) is 7.69. The van der Waals surface area contributed by atoms with Crippen molar-refractivity contribution in [1.29, 1.82) is 0 Å². The van der Waals surface area contributed by atoms with E-state index in [0.717, 1.165) is 23.7 Å². The molecule has 0 aliphatic carbocycles. The minimum Gasteiger partial charge on any atom is -0.267 e. The van der Waals surface area contributed by atoms with Crippen LogP contribution in [0.2, 0.25) is 0 Å². The molecule has 3 aromatic rings. The van der Waals surface area contributed by atoms with E-state index in [4.69, 9.17) is 0 Å². The number of amides is 2. The number of benzene rings is 1. The first kappa shape index (κ1) is 21.7. The Morgan fingerprint density at radius 3 is 2.17 bits per heavy atom. The fraction of sp³-hybridized carbons (Fsp3) is 0.167. The Hall–Kier alpha value is -2.99. The van der Waals surface area contributed by atoms with Crippen LogP contribution in [0.15, 0.2) is 41.3 Å². The second-order valence-electron chi connectivity index (χ2n) is 6.31. The molecule has 0 saturated carbocycles. The van der Waals surface area contributed by atoms with Crippen LogP contribution in [0.4, 0.5) is 13.2 Å². The molecule has 0 saturated heterocycles. The number of sulfone groups is 1. The predicted octanol–water partition coefficient (Wildman–Crippen LogP) is 3.10. The highest BCUT2D eigenvalue weighted by Crippen LogP contribution is 2.34. The van der Waals surface area contributed by atoms with E-state index in [1.807, 2.05) is 0 Å². The molecule has 1 aromatic carbocycles. The summed E-state index contributed by atoms with van der Waals surface area (Å²) in [7, 11) is -3.41. The second-order valence-corrected chi connectivity index (χ2v) is 9.32. The zero-order chi connectivity index (χ0) is 22.3. The Morgan fingerprint density at radius 1 is 1.00 bits per heavy atom. The highest BCUT2D eigenvalue weighted by Gasteiger charge is 2.33. The Labute approximate surface area is 172 Å². The molecule has 158 valence electrons. The first-order valence-electron chi connectivity index (χ1n) is 8.26. The van der Waals surface area contributed by atoms with Gasteiger partial charge in [-0.15, -0.1) is 11.3 Å². The highest BCUT2D eigenvalue weighted by atomic mass is 32.2. The minimum atomic E-state index is -4.60. The molecule has 0 aliphatic rings. The molecule has 12 heteroatoms. The van der Waals surface area contributed by atoms with Crippen LogP contribution in [0.5, 0.6) is 0 Å². The van der Waals surface area contributed by atoms with Gasteiger partial charge in [0.05, 0.1) is 9.77 Å². The van der Waals surface area contributed by atoms with Gasteiger partial charge in [-0.05, 0) is 48.9 Å². The van der Waals surface area contributed by atoms with E-state index < -0.39 is 33.5 Å². The SMILES string of the molecule is Cc1c(C(=O)NNC(=O)c2ccc(S(C)(=O)=O)cc2)sc2nc(C(F)(F)F)ccc12. The van der Waals surface area contributed by atoms with Gasteiger partial charge in [0.25, 0.3) is 11.8 Å². The molecule has 0 spiro atoms. The van der Waals surface area contributed by atoms with E-state index >= 15 is 0 Å². The van der Waals surface area contributed by atoms with E-state index in [2.05, 4.69) is 15.8 Å². The van der Waals surface area contributed by atoms with Gasteiger partial charge in [0.1, 0.15) is 10.5 Å². The summed E-state index contributed by atoms with van der Waals surface area (Å²) >= 11 is 0.773. The van der Waals surface area contributed by atoms with Gasteiger partial charge < -0.3 is 0 Å². The van der Waals surface area contributed by atoms with E-state index in [0.29, 0.717) is 10.9 Å². The van der Waals surface area contributed by atoms with Crippen molar-refractivity contribution in [2.75, 3.05) is 6.26 Å². The first-order chi connectivity index (χ1) is 13.9. The van der Waals surface area contributed by atoms with Crippen molar-refractivity contribution >= 4 is 43.2 Å². The quantitative estimate of drug-likeness (QED) is 0.588. The van der Waals surface area contributed by atoms with E-state index in [-0.39, 0.29) is 20.2 Å². The van der Waals surface area contributed by atoms with Crippen molar-refractivity contribution in [3.8, 4) is 0 Å². The molecular weight excluding hydrogens is 443 g/mol. The molecule has 2 amide bonds. The Bertz CT molecular complexity index is 1250. The van der Waals surface area contributed by atoms with E-state index in [1.54, 1.807) is 6.92 Å².